The first-order chi connectivity index (χ1) is 11.5. The van der Waals surface area contributed by atoms with Crippen LogP contribution in [-0.4, -0.2) is 13.2 Å². The molecule has 2 aromatic carbocycles. The molecule has 0 aliphatic rings. The standard InChI is InChI=1S/C19H19ClINO2/c1-4-8-24-19-17(21)9-14(10-18(19)23-5-2)12-22-15-7-6-13(3)16(20)11-15/h1,6-7,9-11,22H,5,8,12H2,2-3H3. The number of halogens is 2. The Morgan fingerprint density at radius 3 is 2.71 bits per heavy atom. The summed E-state index contributed by atoms with van der Waals surface area (Å²) in [6.45, 7) is 5.36. The minimum absolute atomic E-state index is 0.218. The molecule has 0 atom stereocenters. The Hall–Kier alpha value is -1.58. The maximum atomic E-state index is 6.16. The summed E-state index contributed by atoms with van der Waals surface area (Å²) < 4.78 is 12.3. The molecule has 0 amide bonds. The van der Waals surface area contributed by atoms with Crippen LogP contribution in [0.4, 0.5) is 5.69 Å². The highest BCUT2D eigenvalue weighted by molar-refractivity contribution is 14.1. The highest BCUT2D eigenvalue weighted by atomic mass is 127. The van der Waals surface area contributed by atoms with Crippen LogP contribution in [0, 0.1) is 22.8 Å². The van der Waals surface area contributed by atoms with Crippen LogP contribution in [0.3, 0.4) is 0 Å². The van der Waals surface area contributed by atoms with Crippen LogP contribution in [0.1, 0.15) is 18.1 Å². The van der Waals surface area contributed by atoms with E-state index in [-0.39, 0.29) is 6.61 Å². The van der Waals surface area contributed by atoms with Gasteiger partial charge in [0.05, 0.1) is 10.2 Å². The number of aryl methyl sites for hydroxylation is 1. The zero-order valence-corrected chi connectivity index (χ0v) is 16.6. The molecule has 126 valence electrons. The summed E-state index contributed by atoms with van der Waals surface area (Å²) in [6.07, 6.45) is 5.28. The molecule has 2 rings (SSSR count). The maximum absolute atomic E-state index is 6.16. The molecule has 0 aliphatic carbocycles. The van der Waals surface area contributed by atoms with Crippen molar-refractivity contribution in [3.05, 3.63) is 50.1 Å². The first-order valence-electron chi connectivity index (χ1n) is 7.56. The third kappa shape index (κ3) is 4.96. The summed E-state index contributed by atoms with van der Waals surface area (Å²) in [7, 11) is 0. The fraction of sp³-hybridized carbons (Fsp3) is 0.263. The normalized spacial score (nSPS) is 10.1. The van der Waals surface area contributed by atoms with Gasteiger partial charge in [0.15, 0.2) is 11.5 Å². The molecule has 24 heavy (non-hydrogen) atoms. The van der Waals surface area contributed by atoms with E-state index >= 15 is 0 Å². The van der Waals surface area contributed by atoms with Gasteiger partial charge in [-0.3, -0.25) is 0 Å². The monoisotopic (exact) mass is 455 g/mol. The van der Waals surface area contributed by atoms with Gasteiger partial charge in [-0.15, -0.1) is 6.42 Å². The van der Waals surface area contributed by atoms with Crippen molar-refractivity contribution in [2.75, 3.05) is 18.5 Å². The second-order valence-corrected chi connectivity index (χ2v) is 6.72. The van der Waals surface area contributed by atoms with E-state index in [2.05, 4.69) is 39.9 Å². The molecule has 5 heteroatoms. The summed E-state index contributed by atoms with van der Waals surface area (Å²) in [5.41, 5.74) is 3.13. The van der Waals surface area contributed by atoms with Crippen molar-refractivity contribution in [2.45, 2.75) is 20.4 Å². The number of ether oxygens (including phenoxy) is 2. The predicted molar refractivity (Wildman–Crippen MR) is 108 cm³/mol. The van der Waals surface area contributed by atoms with E-state index in [4.69, 9.17) is 27.5 Å². The van der Waals surface area contributed by atoms with E-state index in [1.807, 2.05) is 38.1 Å². The summed E-state index contributed by atoms with van der Waals surface area (Å²) >= 11 is 8.40. The first kappa shape index (κ1) is 18.8. The van der Waals surface area contributed by atoms with Crippen molar-refractivity contribution >= 4 is 39.9 Å². The molecule has 2 aromatic rings. The summed E-state index contributed by atoms with van der Waals surface area (Å²) in [4.78, 5) is 0. The van der Waals surface area contributed by atoms with Gasteiger partial charge in [0.2, 0.25) is 0 Å². The quantitative estimate of drug-likeness (QED) is 0.455. The molecule has 0 heterocycles. The van der Waals surface area contributed by atoms with Gasteiger partial charge in [0, 0.05) is 17.3 Å². The van der Waals surface area contributed by atoms with Gasteiger partial charge >= 0.3 is 0 Å². The van der Waals surface area contributed by atoms with Crippen molar-refractivity contribution in [1.29, 1.82) is 0 Å². The molecule has 0 fully saturated rings. The average molecular weight is 456 g/mol. The molecule has 0 radical (unpaired) electrons. The van der Waals surface area contributed by atoms with Crippen molar-refractivity contribution in [3.8, 4) is 23.8 Å². The van der Waals surface area contributed by atoms with Gasteiger partial charge in [-0.2, -0.15) is 0 Å². The van der Waals surface area contributed by atoms with E-state index in [0.29, 0.717) is 24.7 Å². The summed E-state index contributed by atoms with van der Waals surface area (Å²) in [6, 6.07) is 9.96. The van der Waals surface area contributed by atoms with Crippen molar-refractivity contribution in [1.82, 2.24) is 0 Å². The maximum Gasteiger partial charge on any atom is 0.175 e. The minimum atomic E-state index is 0.218. The van der Waals surface area contributed by atoms with Crippen LogP contribution >= 0.6 is 34.2 Å². The van der Waals surface area contributed by atoms with Gasteiger partial charge in [-0.1, -0.05) is 23.6 Å². The average Bonchev–Trinajstić information content (AvgIpc) is 2.55. The topological polar surface area (TPSA) is 30.5 Å². The van der Waals surface area contributed by atoms with E-state index in [1.54, 1.807) is 0 Å². The Labute approximate surface area is 161 Å². The van der Waals surface area contributed by atoms with Crippen molar-refractivity contribution in [2.24, 2.45) is 0 Å². The number of nitrogens with one attached hydrogen (secondary N) is 1. The molecule has 0 spiro atoms. The molecule has 0 saturated heterocycles. The Kier molecular flexibility index (Phi) is 7.07. The first-order valence-corrected chi connectivity index (χ1v) is 9.02. The lowest BCUT2D eigenvalue weighted by Crippen LogP contribution is -2.05. The Bertz CT molecular complexity index is 756. The molecule has 0 bridgehead atoms. The van der Waals surface area contributed by atoms with Crippen LogP contribution < -0.4 is 14.8 Å². The fourth-order valence-corrected chi connectivity index (χ4v) is 3.15. The second-order valence-electron chi connectivity index (χ2n) is 5.15. The zero-order chi connectivity index (χ0) is 17.5. The van der Waals surface area contributed by atoms with E-state index in [1.165, 1.54) is 0 Å². The van der Waals surface area contributed by atoms with E-state index in [9.17, 15) is 0 Å². The lowest BCUT2D eigenvalue weighted by atomic mass is 10.2. The van der Waals surface area contributed by atoms with Crippen molar-refractivity contribution in [3.63, 3.8) is 0 Å². The fourth-order valence-electron chi connectivity index (χ4n) is 2.15. The number of hydrogen-bond acceptors (Lipinski definition) is 3. The minimum Gasteiger partial charge on any atom is -0.490 e. The second kappa shape index (κ2) is 9.05. The van der Waals surface area contributed by atoms with Crippen LogP contribution in [0.5, 0.6) is 11.5 Å². The van der Waals surface area contributed by atoms with Crippen LogP contribution in [0.2, 0.25) is 5.02 Å². The molecule has 0 aromatic heterocycles. The van der Waals surface area contributed by atoms with Crippen LogP contribution in [0.15, 0.2) is 30.3 Å². The highest BCUT2D eigenvalue weighted by Crippen LogP contribution is 2.34. The lowest BCUT2D eigenvalue weighted by Gasteiger charge is -2.15. The molecular weight excluding hydrogens is 437 g/mol. The number of hydrogen-bond donors (Lipinski definition) is 1. The number of terminal acetylenes is 1. The number of benzene rings is 2. The number of anilines is 1. The summed E-state index contributed by atoms with van der Waals surface area (Å²) in [5.74, 6) is 3.88. The van der Waals surface area contributed by atoms with Crippen LogP contribution in [-0.2, 0) is 6.54 Å². The highest BCUT2D eigenvalue weighted by Gasteiger charge is 2.12. The van der Waals surface area contributed by atoms with Gasteiger partial charge < -0.3 is 14.8 Å². The van der Waals surface area contributed by atoms with Crippen LogP contribution in [0.25, 0.3) is 0 Å². The summed E-state index contributed by atoms with van der Waals surface area (Å²) in [5, 5.41) is 4.12. The molecule has 0 unspecified atom stereocenters. The van der Waals surface area contributed by atoms with Crippen molar-refractivity contribution < 1.29 is 9.47 Å². The zero-order valence-electron chi connectivity index (χ0n) is 13.7. The molecule has 1 N–H and O–H groups in total. The third-order valence-electron chi connectivity index (χ3n) is 3.34. The molecular formula is C19H19ClINO2. The van der Waals surface area contributed by atoms with E-state index < -0.39 is 0 Å². The molecule has 0 saturated carbocycles. The van der Waals surface area contributed by atoms with E-state index in [0.717, 1.165) is 25.4 Å². The smallest absolute Gasteiger partial charge is 0.175 e. The largest absolute Gasteiger partial charge is 0.490 e. The molecule has 0 aliphatic heterocycles. The lowest BCUT2D eigenvalue weighted by molar-refractivity contribution is 0.297. The van der Waals surface area contributed by atoms with Gasteiger partial charge in [-0.05, 0) is 71.8 Å². The SMILES string of the molecule is C#CCOc1c(I)cc(CNc2ccc(C)c(Cl)c2)cc1OCC. The Balaban J connectivity index is 2.17. The Morgan fingerprint density at radius 1 is 1.25 bits per heavy atom. The molecule has 3 nitrogen and oxygen atoms in total. The van der Waals surface area contributed by atoms with Gasteiger partial charge in [-0.25, -0.2) is 0 Å². The predicted octanol–water partition coefficient (Wildman–Crippen LogP) is 5.28. The number of rotatable bonds is 7. The third-order valence-corrected chi connectivity index (χ3v) is 4.55. The van der Waals surface area contributed by atoms with Gasteiger partial charge in [0.25, 0.3) is 0 Å². The van der Waals surface area contributed by atoms with Gasteiger partial charge in [0.1, 0.15) is 6.61 Å². The Morgan fingerprint density at radius 2 is 2.04 bits per heavy atom.